The second-order valence-corrected chi connectivity index (χ2v) is 18.8. The summed E-state index contributed by atoms with van der Waals surface area (Å²) >= 11 is 0. The highest BCUT2D eigenvalue weighted by molar-refractivity contribution is 6.77. The van der Waals surface area contributed by atoms with Gasteiger partial charge in [-0.1, -0.05) is 114 Å². The van der Waals surface area contributed by atoms with Crippen LogP contribution in [0.15, 0.2) is 84.9 Å². The van der Waals surface area contributed by atoms with Crippen LogP contribution in [0.1, 0.15) is 73.4 Å². The zero-order chi connectivity index (χ0) is 35.6. The van der Waals surface area contributed by atoms with Crippen LogP contribution in [0.5, 0.6) is 0 Å². The van der Waals surface area contributed by atoms with E-state index in [0.29, 0.717) is 6.61 Å². The highest BCUT2D eigenvalue weighted by Crippen LogP contribution is 2.45. The van der Waals surface area contributed by atoms with Crippen molar-refractivity contribution in [3.63, 3.8) is 0 Å². The highest BCUT2D eigenvalue weighted by atomic mass is 28.4. The molecule has 0 radical (unpaired) electrons. The minimum absolute atomic E-state index is 0.0508. The normalized spacial score (nSPS) is 21.2. The van der Waals surface area contributed by atoms with E-state index in [1.165, 1.54) is 19.2 Å². The molecule has 3 aromatic carbocycles. The summed E-state index contributed by atoms with van der Waals surface area (Å²) in [6.45, 7) is 14.1. The minimum atomic E-state index is -2.50. The average molecular weight is 693 g/mol. The van der Waals surface area contributed by atoms with E-state index in [1.807, 2.05) is 60.7 Å². The van der Waals surface area contributed by atoms with Crippen molar-refractivity contribution in [3.8, 4) is 0 Å². The van der Waals surface area contributed by atoms with E-state index in [2.05, 4.69) is 41.5 Å². The van der Waals surface area contributed by atoms with Crippen LogP contribution in [0.2, 0.25) is 16.6 Å². The third-order valence-corrected chi connectivity index (χ3v) is 15.5. The van der Waals surface area contributed by atoms with Gasteiger partial charge >= 0.3 is 11.9 Å². The Labute approximate surface area is 292 Å². The largest absolute Gasteiger partial charge is 0.465 e. The Morgan fingerprint density at radius 2 is 1.18 bits per heavy atom. The summed E-state index contributed by atoms with van der Waals surface area (Å²) in [5.74, 6) is -1.41. The van der Waals surface area contributed by atoms with Crippen LogP contribution in [0.3, 0.4) is 0 Å². The van der Waals surface area contributed by atoms with Crippen LogP contribution in [0.25, 0.3) is 0 Å². The van der Waals surface area contributed by atoms with Gasteiger partial charge in [0, 0.05) is 7.11 Å². The lowest BCUT2D eigenvalue weighted by atomic mass is 9.98. The molecule has 0 aliphatic carbocycles. The Morgan fingerprint density at radius 1 is 0.673 bits per heavy atom. The second kappa shape index (κ2) is 18.0. The number of hydrogen-bond donors (Lipinski definition) is 0. The topological polar surface area (TPSA) is 98.8 Å². The second-order valence-electron chi connectivity index (χ2n) is 13.3. The zero-order valence-electron chi connectivity index (χ0n) is 30.0. The van der Waals surface area contributed by atoms with Crippen LogP contribution in [-0.2, 0) is 46.1 Å². The number of hydrogen-bond acceptors (Lipinski definition) is 9. The molecule has 4 rings (SSSR count). The van der Waals surface area contributed by atoms with Crippen LogP contribution in [0, 0.1) is 0 Å². The molecule has 1 fully saturated rings. The smallest absolute Gasteiger partial charge is 0.341 e. The summed E-state index contributed by atoms with van der Waals surface area (Å²) < 4.78 is 44.1. The number of esters is 2. The number of ether oxygens (including phenoxy) is 6. The fourth-order valence-electron chi connectivity index (χ4n) is 7.09. The van der Waals surface area contributed by atoms with Gasteiger partial charge in [-0.05, 0) is 39.9 Å². The molecule has 1 aliphatic rings. The van der Waals surface area contributed by atoms with Gasteiger partial charge < -0.3 is 32.8 Å². The predicted octanol–water partition coefficient (Wildman–Crippen LogP) is 7.73. The molecule has 1 saturated heterocycles. The molecule has 266 valence electrons. The molecule has 1 unspecified atom stereocenters. The Hall–Kier alpha value is -3.38. The average Bonchev–Trinajstić information content (AvgIpc) is 3.10. The van der Waals surface area contributed by atoms with Crippen molar-refractivity contribution < 1.29 is 42.4 Å². The first-order valence-corrected chi connectivity index (χ1v) is 19.2. The van der Waals surface area contributed by atoms with Crippen molar-refractivity contribution >= 4 is 20.3 Å². The summed E-state index contributed by atoms with van der Waals surface area (Å²) in [5.41, 5.74) is 2.93. The van der Waals surface area contributed by atoms with Gasteiger partial charge in [0.15, 0.2) is 0 Å². The third-order valence-electron chi connectivity index (χ3n) is 9.37. The van der Waals surface area contributed by atoms with Crippen molar-refractivity contribution in [1.29, 1.82) is 0 Å². The fraction of sp³-hybridized carbons (Fsp3) is 0.487. The van der Waals surface area contributed by atoms with Crippen molar-refractivity contribution in [2.24, 2.45) is 0 Å². The van der Waals surface area contributed by atoms with E-state index in [9.17, 15) is 9.59 Å². The van der Waals surface area contributed by atoms with Gasteiger partial charge in [-0.3, -0.25) is 0 Å². The SMILES string of the molecule is COC(=O)c1ccccc1C(=O)OC1O[C@H](COCc2ccccc2)[C@@H](O[Si](C(C)C)(C(C)C)C(C)C)[C@H](OC)[C@@H]1OCc1ccccc1. The molecule has 9 nitrogen and oxygen atoms in total. The third kappa shape index (κ3) is 9.25. The molecule has 3 aromatic rings. The number of methoxy groups -OCH3 is 2. The molecule has 0 bridgehead atoms. The van der Waals surface area contributed by atoms with Crippen LogP contribution < -0.4 is 0 Å². The summed E-state index contributed by atoms with van der Waals surface area (Å²) in [5, 5.41) is 0. The molecule has 0 amide bonds. The molecule has 49 heavy (non-hydrogen) atoms. The van der Waals surface area contributed by atoms with E-state index in [-0.39, 0.29) is 41.0 Å². The minimum Gasteiger partial charge on any atom is -0.465 e. The number of benzene rings is 3. The molecule has 1 aliphatic heterocycles. The van der Waals surface area contributed by atoms with Gasteiger partial charge in [-0.25, -0.2) is 9.59 Å². The van der Waals surface area contributed by atoms with Crippen molar-refractivity contribution in [1.82, 2.24) is 0 Å². The molecular formula is C39H52O9Si. The van der Waals surface area contributed by atoms with Crippen molar-refractivity contribution in [2.75, 3.05) is 20.8 Å². The molecule has 10 heteroatoms. The number of carbonyl (C=O) groups excluding carboxylic acids is 2. The first kappa shape index (κ1) is 38.4. The maximum atomic E-state index is 13.8. The van der Waals surface area contributed by atoms with Crippen LogP contribution >= 0.6 is 0 Å². The summed E-state index contributed by atoms with van der Waals surface area (Å²) in [6.07, 6.45) is -4.07. The van der Waals surface area contributed by atoms with E-state index in [4.69, 9.17) is 32.8 Å². The Balaban J connectivity index is 1.74. The molecule has 1 heterocycles. The van der Waals surface area contributed by atoms with Gasteiger partial charge in [0.1, 0.15) is 24.4 Å². The standard InChI is InChI=1S/C39H52O9Si/c1-26(2)49(27(3)4,28(5)6)48-34-33(25-44-23-29-17-11-9-12-18-29)46-39(36(35(34)42-7)45-24-30-19-13-10-14-20-30)47-38(41)32-22-16-15-21-31(32)37(40)43-8/h9-22,26-28,33-36,39H,23-25H2,1-8H3/t33-,34-,35+,36+,39?/m1/s1. The lowest BCUT2D eigenvalue weighted by molar-refractivity contribution is -0.300. The Morgan fingerprint density at radius 3 is 1.69 bits per heavy atom. The Bertz CT molecular complexity index is 1440. The van der Waals surface area contributed by atoms with Crippen LogP contribution in [-0.4, -0.2) is 71.8 Å². The molecular weight excluding hydrogens is 641 g/mol. The maximum Gasteiger partial charge on any atom is 0.341 e. The van der Waals surface area contributed by atoms with E-state index >= 15 is 0 Å². The van der Waals surface area contributed by atoms with Crippen LogP contribution in [0.4, 0.5) is 0 Å². The van der Waals surface area contributed by atoms with E-state index in [0.717, 1.165) is 11.1 Å². The molecule has 0 N–H and O–H groups in total. The predicted molar refractivity (Wildman–Crippen MR) is 190 cm³/mol. The fourth-order valence-corrected chi connectivity index (χ4v) is 12.7. The molecule has 5 atom stereocenters. The number of carbonyl (C=O) groups is 2. The van der Waals surface area contributed by atoms with Gasteiger partial charge in [-0.2, -0.15) is 0 Å². The summed E-state index contributed by atoms with van der Waals surface area (Å²) in [4.78, 5) is 26.3. The first-order chi connectivity index (χ1) is 23.5. The number of rotatable bonds is 16. The van der Waals surface area contributed by atoms with Crippen molar-refractivity contribution in [2.45, 2.75) is 102 Å². The van der Waals surface area contributed by atoms with Gasteiger partial charge in [0.05, 0.1) is 38.1 Å². The molecule has 0 spiro atoms. The molecule has 0 saturated carbocycles. The lowest BCUT2D eigenvalue weighted by Gasteiger charge is -2.51. The van der Waals surface area contributed by atoms with Gasteiger partial charge in [-0.15, -0.1) is 0 Å². The zero-order valence-corrected chi connectivity index (χ0v) is 31.0. The first-order valence-electron chi connectivity index (χ1n) is 17.0. The Kier molecular flexibility index (Phi) is 14.1. The molecule has 0 aromatic heterocycles. The maximum absolute atomic E-state index is 13.8. The quantitative estimate of drug-likeness (QED) is 0.110. The van der Waals surface area contributed by atoms with E-state index < -0.39 is 51.0 Å². The lowest BCUT2D eigenvalue weighted by Crippen LogP contribution is -2.65. The van der Waals surface area contributed by atoms with Crippen molar-refractivity contribution in [3.05, 3.63) is 107 Å². The summed E-state index contributed by atoms with van der Waals surface area (Å²) in [7, 11) is 0.382. The highest BCUT2D eigenvalue weighted by Gasteiger charge is 2.55. The summed E-state index contributed by atoms with van der Waals surface area (Å²) in [6, 6.07) is 26.0. The van der Waals surface area contributed by atoms with E-state index in [1.54, 1.807) is 19.2 Å². The van der Waals surface area contributed by atoms with Gasteiger partial charge in [0.2, 0.25) is 14.6 Å². The van der Waals surface area contributed by atoms with Gasteiger partial charge in [0.25, 0.3) is 0 Å². The monoisotopic (exact) mass is 692 g/mol.